The molecule has 4 N–H and O–H groups in total. The van der Waals surface area contributed by atoms with Crippen molar-refractivity contribution in [1.29, 1.82) is 0 Å². The molecular formula is C14H17ClF3N5. The fourth-order valence-electron chi connectivity index (χ4n) is 1.86. The van der Waals surface area contributed by atoms with Crippen LogP contribution in [0.1, 0.15) is 11.1 Å². The maximum Gasteiger partial charge on any atom is 0.416 e. The molecule has 23 heavy (non-hydrogen) atoms. The lowest BCUT2D eigenvalue weighted by molar-refractivity contribution is -0.137. The molecule has 1 heterocycles. The smallest absolute Gasteiger partial charge is 0.369 e. The summed E-state index contributed by atoms with van der Waals surface area (Å²) in [6.07, 6.45) is -0.431. The SMILES string of the molecule is Cl.NC(=NCc1ccc(C(F)(F)F)cc1)N=C(N)N1CC=CC1. The quantitative estimate of drug-likeness (QED) is 0.488. The topological polar surface area (TPSA) is 80.0 Å². The van der Waals surface area contributed by atoms with Crippen LogP contribution in [0.4, 0.5) is 13.2 Å². The fourth-order valence-corrected chi connectivity index (χ4v) is 1.86. The monoisotopic (exact) mass is 347 g/mol. The minimum absolute atomic E-state index is 0. The summed E-state index contributed by atoms with van der Waals surface area (Å²) in [7, 11) is 0. The summed E-state index contributed by atoms with van der Waals surface area (Å²) in [5.41, 5.74) is 11.3. The van der Waals surface area contributed by atoms with E-state index in [1.807, 2.05) is 12.2 Å². The molecule has 0 spiro atoms. The predicted molar refractivity (Wildman–Crippen MR) is 86.4 cm³/mol. The Morgan fingerprint density at radius 1 is 1.09 bits per heavy atom. The Kier molecular flexibility index (Phi) is 6.44. The highest BCUT2D eigenvalue weighted by Gasteiger charge is 2.29. The van der Waals surface area contributed by atoms with Crippen LogP contribution in [-0.4, -0.2) is 29.9 Å². The van der Waals surface area contributed by atoms with Gasteiger partial charge in [-0.15, -0.1) is 12.4 Å². The lowest BCUT2D eigenvalue weighted by atomic mass is 10.1. The first kappa shape index (κ1) is 18.8. The molecule has 1 aromatic carbocycles. The molecule has 0 aliphatic carbocycles. The van der Waals surface area contributed by atoms with E-state index in [4.69, 9.17) is 11.5 Å². The van der Waals surface area contributed by atoms with E-state index in [0.717, 1.165) is 12.1 Å². The van der Waals surface area contributed by atoms with Crippen molar-refractivity contribution in [3.8, 4) is 0 Å². The van der Waals surface area contributed by atoms with Crippen molar-refractivity contribution < 1.29 is 13.2 Å². The van der Waals surface area contributed by atoms with Crippen LogP contribution in [0, 0.1) is 0 Å². The number of halogens is 4. The Morgan fingerprint density at radius 2 is 1.65 bits per heavy atom. The molecule has 5 nitrogen and oxygen atoms in total. The van der Waals surface area contributed by atoms with Gasteiger partial charge in [-0.2, -0.15) is 18.2 Å². The Labute approximate surface area is 138 Å². The third-order valence-corrected chi connectivity index (χ3v) is 3.08. The second kappa shape index (κ2) is 7.87. The largest absolute Gasteiger partial charge is 0.416 e. The normalized spacial score (nSPS) is 15.7. The summed E-state index contributed by atoms with van der Waals surface area (Å²) < 4.78 is 37.3. The third kappa shape index (κ3) is 5.48. The van der Waals surface area contributed by atoms with Crippen molar-refractivity contribution >= 4 is 24.3 Å². The van der Waals surface area contributed by atoms with E-state index in [2.05, 4.69) is 9.98 Å². The lowest BCUT2D eigenvalue weighted by Crippen LogP contribution is -2.36. The van der Waals surface area contributed by atoms with E-state index in [1.165, 1.54) is 12.1 Å². The molecule has 0 unspecified atom stereocenters. The van der Waals surface area contributed by atoms with E-state index in [9.17, 15) is 13.2 Å². The Hall–Kier alpha value is -2.22. The molecule has 1 aliphatic heterocycles. The molecule has 0 fully saturated rings. The van der Waals surface area contributed by atoms with Gasteiger partial charge in [0.25, 0.3) is 0 Å². The molecule has 0 radical (unpaired) electrons. The van der Waals surface area contributed by atoms with Gasteiger partial charge in [0, 0.05) is 13.1 Å². The minimum Gasteiger partial charge on any atom is -0.369 e. The first-order valence-corrected chi connectivity index (χ1v) is 6.56. The van der Waals surface area contributed by atoms with Crippen LogP contribution < -0.4 is 11.5 Å². The van der Waals surface area contributed by atoms with E-state index in [0.29, 0.717) is 18.7 Å². The molecule has 0 atom stereocenters. The summed E-state index contributed by atoms with van der Waals surface area (Å²) in [4.78, 5) is 9.76. The molecular weight excluding hydrogens is 331 g/mol. The van der Waals surface area contributed by atoms with Crippen molar-refractivity contribution in [3.05, 3.63) is 47.5 Å². The van der Waals surface area contributed by atoms with Crippen molar-refractivity contribution in [2.24, 2.45) is 21.5 Å². The third-order valence-electron chi connectivity index (χ3n) is 3.08. The first-order valence-electron chi connectivity index (χ1n) is 6.56. The lowest BCUT2D eigenvalue weighted by Gasteiger charge is -2.15. The maximum atomic E-state index is 12.4. The summed E-state index contributed by atoms with van der Waals surface area (Å²) in [5, 5.41) is 0. The molecule has 0 amide bonds. The number of benzene rings is 1. The standard InChI is InChI=1S/C14H16F3N5.ClH/c15-14(16,17)11-5-3-10(4-6-11)9-20-12(18)21-13(19)22-7-1-2-8-22;/h1-6H,7-9H2,(H4,18,19,20,21);1H. The van der Waals surface area contributed by atoms with Crippen LogP contribution in [0.2, 0.25) is 0 Å². The second-order valence-electron chi connectivity index (χ2n) is 4.72. The molecule has 126 valence electrons. The van der Waals surface area contributed by atoms with Crippen molar-refractivity contribution in [3.63, 3.8) is 0 Å². The zero-order valence-corrected chi connectivity index (χ0v) is 12.9. The number of nitrogens with zero attached hydrogens (tertiary/aromatic N) is 3. The predicted octanol–water partition coefficient (Wildman–Crippen LogP) is 2.13. The van der Waals surface area contributed by atoms with Crippen LogP contribution >= 0.6 is 12.4 Å². The van der Waals surface area contributed by atoms with Crippen LogP contribution in [0.5, 0.6) is 0 Å². The molecule has 1 aromatic rings. The van der Waals surface area contributed by atoms with Crippen LogP contribution in [0.3, 0.4) is 0 Å². The van der Waals surface area contributed by atoms with E-state index < -0.39 is 11.7 Å². The molecule has 1 aliphatic rings. The van der Waals surface area contributed by atoms with Gasteiger partial charge >= 0.3 is 6.18 Å². The van der Waals surface area contributed by atoms with Crippen LogP contribution in [-0.2, 0) is 12.7 Å². The van der Waals surface area contributed by atoms with Gasteiger partial charge in [0.1, 0.15) is 0 Å². The van der Waals surface area contributed by atoms with Gasteiger partial charge in [-0.3, -0.25) is 0 Å². The zero-order chi connectivity index (χ0) is 16.2. The highest BCUT2D eigenvalue weighted by molar-refractivity contribution is 5.93. The van der Waals surface area contributed by atoms with E-state index >= 15 is 0 Å². The van der Waals surface area contributed by atoms with E-state index in [1.54, 1.807) is 4.90 Å². The molecule has 0 saturated heterocycles. The number of alkyl halides is 3. The Bertz CT molecular complexity index is 600. The molecule has 2 rings (SSSR count). The van der Waals surface area contributed by atoms with Gasteiger partial charge in [-0.1, -0.05) is 24.3 Å². The summed E-state index contributed by atoms with van der Waals surface area (Å²) in [5.74, 6) is 0.253. The van der Waals surface area contributed by atoms with Crippen LogP contribution in [0.15, 0.2) is 46.4 Å². The maximum absolute atomic E-state index is 12.4. The van der Waals surface area contributed by atoms with Crippen molar-refractivity contribution in [1.82, 2.24) is 4.90 Å². The van der Waals surface area contributed by atoms with Gasteiger partial charge in [-0.05, 0) is 17.7 Å². The average Bonchev–Trinajstić information content (AvgIpc) is 2.99. The Balaban J connectivity index is 0.00000264. The van der Waals surface area contributed by atoms with Gasteiger partial charge in [0.15, 0.2) is 5.96 Å². The van der Waals surface area contributed by atoms with Crippen molar-refractivity contribution in [2.45, 2.75) is 12.7 Å². The highest BCUT2D eigenvalue weighted by atomic mass is 35.5. The van der Waals surface area contributed by atoms with Gasteiger partial charge < -0.3 is 16.4 Å². The van der Waals surface area contributed by atoms with E-state index in [-0.39, 0.29) is 30.9 Å². The summed E-state index contributed by atoms with van der Waals surface area (Å²) in [6, 6.07) is 4.73. The number of rotatable bonds is 2. The molecule has 0 bridgehead atoms. The second-order valence-corrected chi connectivity index (χ2v) is 4.72. The number of hydrogen-bond donors (Lipinski definition) is 2. The number of guanidine groups is 2. The van der Waals surface area contributed by atoms with Gasteiger partial charge in [0.05, 0.1) is 12.1 Å². The Morgan fingerprint density at radius 3 is 2.17 bits per heavy atom. The first-order chi connectivity index (χ1) is 10.4. The molecule has 0 aromatic heterocycles. The number of aliphatic imine (C=N–C) groups is 2. The van der Waals surface area contributed by atoms with Crippen LogP contribution in [0.25, 0.3) is 0 Å². The average molecular weight is 348 g/mol. The summed E-state index contributed by atoms with van der Waals surface area (Å²) in [6.45, 7) is 1.47. The van der Waals surface area contributed by atoms with Gasteiger partial charge in [-0.25, -0.2) is 4.99 Å². The number of hydrogen-bond acceptors (Lipinski definition) is 1. The highest BCUT2D eigenvalue weighted by Crippen LogP contribution is 2.29. The fraction of sp³-hybridized carbons (Fsp3) is 0.286. The van der Waals surface area contributed by atoms with Crippen molar-refractivity contribution in [2.75, 3.05) is 13.1 Å². The zero-order valence-electron chi connectivity index (χ0n) is 12.1. The number of nitrogens with two attached hydrogens (primary N) is 2. The molecule has 9 heteroatoms. The summed E-state index contributed by atoms with van der Waals surface area (Å²) >= 11 is 0. The van der Waals surface area contributed by atoms with Gasteiger partial charge in [0.2, 0.25) is 5.96 Å². The minimum atomic E-state index is -4.34. The molecule has 0 saturated carbocycles.